The Labute approximate surface area is 751 Å². The molecule has 8 amide bonds. The zero-order valence-corrected chi connectivity index (χ0v) is 74.0. The van der Waals surface area contributed by atoms with Crippen LogP contribution >= 0.6 is 0 Å². The molecule has 0 fully saturated rings. The van der Waals surface area contributed by atoms with Crippen LogP contribution in [0.25, 0.3) is 23.8 Å². The largest absolute Gasteiger partial charge is 0.395 e. The number of rotatable bonds is 41. The fraction of sp³-hybridized carbons (Fsp3) is 0.281. The molecule has 0 spiro atoms. The van der Waals surface area contributed by atoms with Crippen LogP contribution in [0.3, 0.4) is 0 Å². The van der Waals surface area contributed by atoms with E-state index >= 15 is 0 Å². The zero-order chi connectivity index (χ0) is 94.7. The Balaban J connectivity index is 0.000000327. The van der Waals surface area contributed by atoms with Crippen molar-refractivity contribution < 1.29 is 97.9 Å². The number of nitrogens with zero attached hydrogens (tertiary/aromatic N) is 4. The molecule has 1 aliphatic heterocycles. The summed E-state index contributed by atoms with van der Waals surface area (Å²) in [7, 11) is 4.34. The fourth-order valence-electron chi connectivity index (χ4n) is 12.2. The number of nitrogens with one attached hydrogen (secondary N) is 8. The number of hydrogen-bond acceptors (Lipinski definition) is 24. The first-order valence-electron chi connectivity index (χ1n) is 41.4. The van der Waals surface area contributed by atoms with Gasteiger partial charge < -0.3 is 20.2 Å². The van der Waals surface area contributed by atoms with Gasteiger partial charge in [-0.2, -0.15) is 0 Å². The number of anilines is 2. The Hall–Kier alpha value is -13.6. The molecule has 16 N–H and O–H groups in total. The molecule has 0 bridgehead atoms. The van der Waals surface area contributed by atoms with Crippen molar-refractivity contribution in [3.05, 3.63) is 309 Å². The summed E-state index contributed by atoms with van der Waals surface area (Å²) in [5.41, 5.74) is 21.4. The summed E-state index contributed by atoms with van der Waals surface area (Å²) in [5, 5.41) is 73.3. The number of aliphatic hydroxyl groups excluding tert-OH is 1. The van der Waals surface area contributed by atoms with Crippen molar-refractivity contribution in [3.63, 3.8) is 0 Å². The Bertz CT molecular complexity index is 5270. The lowest BCUT2D eigenvalue weighted by molar-refractivity contribution is -0.130. The van der Waals surface area contributed by atoms with Gasteiger partial charge in [-0.15, -0.1) is 0 Å². The molecule has 8 aromatic rings. The normalized spacial score (nSPS) is 11.5. The number of unbranched alkanes of at least 4 members (excludes halogenated alkanes) is 6. The zero-order valence-electron chi connectivity index (χ0n) is 73.2. The summed E-state index contributed by atoms with van der Waals surface area (Å²) < 4.78 is 24.8. The summed E-state index contributed by atoms with van der Waals surface area (Å²) in [5.74, 6) is -4.02. The van der Waals surface area contributed by atoms with Crippen molar-refractivity contribution in [2.24, 2.45) is 10.9 Å². The van der Waals surface area contributed by atoms with Gasteiger partial charge in [-0.1, -0.05) is 178 Å². The Morgan fingerprint density at radius 1 is 0.450 bits per heavy atom. The van der Waals surface area contributed by atoms with Crippen LogP contribution in [-0.4, -0.2) is 175 Å². The van der Waals surface area contributed by atoms with Crippen LogP contribution < -0.4 is 64.1 Å². The molecule has 1 aliphatic rings. The Morgan fingerprint density at radius 3 is 1.47 bits per heavy atom. The minimum Gasteiger partial charge on any atom is -0.395 e. The molecular weight excluding hydrogens is 1670 g/mol. The van der Waals surface area contributed by atoms with Crippen molar-refractivity contribution >= 4 is 104 Å². The van der Waals surface area contributed by atoms with Gasteiger partial charge in [0, 0.05) is 144 Å². The molecule has 0 aromatic heterocycles. The molecule has 9 rings (SSSR count). The van der Waals surface area contributed by atoms with E-state index in [9.17, 15) is 61.5 Å². The number of carbonyl (C=O) groups is 10. The SMILES string of the molecule is CC(/C=C/C(=O)NO)=C\[C@@H](C)C(=O)c1ccc(N(C)C)cc1.CN(C)c1ccc(C(=O)NCCCCCCC(=O)NO)cc1.O=C(/C=C/c1ccc(CN(CCO)CCC2=c3ccccc3=NC2)cc1)NO.O=C(/C=C/c1cccc(C(=O)NO)c1)NO.O=C(/C=C/c1cccc(S(=O)(=O)Cc2ccccc2)c1)NO.O=C(CCCCCCC(=O)NO)Cc1ccccc1. The fourth-order valence-corrected chi connectivity index (χ4v) is 13.6. The van der Waals surface area contributed by atoms with E-state index in [2.05, 4.69) is 21.3 Å². The van der Waals surface area contributed by atoms with Crippen LogP contribution in [0.15, 0.2) is 258 Å². The second kappa shape index (κ2) is 61.7. The molecule has 32 nitrogen and oxygen atoms in total. The number of hydroxylamine groups is 7. The predicted octanol–water partition coefficient (Wildman–Crippen LogP) is 10.5. The maximum atomic E-state index is 12.4. The van der Waals surface area contributed by atoms with E-state index in [-0.39, 0.29) is 58.0 Å². The highest BCUT2D eigenvalue weighted by Crippen LogP contribution is 2.22. The lowest BCUT2D eigenvalue weighted by atomic mass is 9.97. The van der Waals surface area contributed by atoms with Crippen molar-refractivity contribution in [1.29, 1.82) is 0 Å². The molecule has 0 unspecified atom stereocenters. The second-order valence-electron chi connectivity index (χ2n) is 29.6. The standard InChI is InChI=1S/C22H25N3O3.C17H22N2O3.C16H25N3O3.C16H15NO4S.C15H21NO3.C10H10N2O4/c26-14-13-25(12-11-19-15-23-21-4-2-1-3-20(19)21)16-18-7-5-17(6-8-18)9-10-22(27)24-28;1-12(5-10-16(20)18-22)11-13(2)17(21)14-6-8-15(9-7-14)19(3)4;1-19(2)14-10-8-13(9-11-14)16(21)17-12-6-4-3-5-7-15(20)18-22;18-16(17-19)10-9-13-7-4-8-15(11-13)22(20,21)12-14-5-2-1-3-6-14;17-14(12-13-8-4-3-5-9-13)10-6-1-2-7-11-15(18)16-19;13-9(11-15)5-4-7-2-1-3-8(6-7)10(14)12-16/h1-10,26,28H,11-16H2,(H,24,27);5-11,13,22H,1-4H3,(H,18,20);8-11,22H,3-7,12H2,1-2H3,(H,17,21)(H,18,20);1-11,19H,12H2,(H,17,18);3-5,8-9,19H,1-2,6-7,10-12H2,(H,16,18);1-6,15-16H,(H,11,13)(H,12,14)/b10-9+;10-5+,12-11+;;10-9+;;5-4+/t;13-;;;;/m.1..../s1. The molecule has 129 heavy (non-hydrogen) atoms. The van der Waals surface area contributed by atoms with Crippen LogP contribution in [0.4, 0.5) is 11.4 Å². The van der Waals surface area contributed by atoms with E-state index in [1.165, 1.54) is 81.3 Å². The number of sulfone groups is 1. The van der Waals surface area contributed by atoms with Crippen LogP contribution in [0, 0.1) is 5.92 Å². The van der Waals surface area contributed by atoms with Gasteiger partial charge in [0.2, 0.25) is 11.8 Å². The lowest BCUT2D eigenvalue weighted by Gasteiger charge is -2.21. The van der Waals surface area contributed by atoms with Crippen molar-refractivity contribution in [2.75, 3.05) is 70.8 Å². The number of carbonyl (C=O) groups excluding carboxylic acids is 10. The predicted molar refractivity (Wildman–Crippen MR) is 491 cm³/mol. The average Bonchev–Trinajstić information content (AvgIpc) is 1.34. The first kappa shape index (κ1) is 108. The van der Waals surface area contributed by atoms with Gasteiger partial charge in [-0.3, -0.25) is 94.3 Å². The van der Waals surface area contributed by atoms with Gasteiger partial charge in [0.15, 0.2) is 15.6 Å². The highest BCUT2D eigenvalue weighted by Gasteiger charge is 2.18. The molecular formula is C96H118N12O20S. The van der Waals surface area contributed by atoms with E-state index in [1.807, 2.05) is 172 Å². The maximum absolute atomic E-state index is 12.4. The van der Waals surface area contributed by atoms with Crippen LogP contribution in [0.5, 0.6) is 0 Å². The smallest absolute Gasteiger partial charge is 0.274 e. The number of Topliss-reactive ketones (excluding diaryl/α,β-unsaturated/α-hetero) is 2. The van der Waals surface area contributed by atoms with Gasteiger partial charge in [0.25, 0.3) is 35.4 Å². The van der Waals surface area contributed by atoms with E-state index in [0.717, 1.165) is 129 Å². The third kappa shape index (κ3) is 44.4. The Morgan fingerprint density at radius 2 is 0.938 bits per heavy atom. The lowest BCUT2D eigenvalue weighted by Crippen LogP contribution is -2.29. The van der Waals surface area contributed by atoms with Crippen LogP contribution in [-0.2, 0) is 62.1 Å². The van der Waals surface area contributed by atoms with E-state index in [1.54, 1.807) is 90.1 Å². The maximum Gasteiger partial charge on any atom is 0.274 e. The monoisotopic (exact) mass is 1790 g/mol. The average molecular weight is 1790 g/mol. The minimum atomic E-state index is -3.46. The van der Waals surface area contributed by atoms with Crippen LogP contribution in [0.2, 0.25) is 0 Å². The van der Waals surface area contributed by atoms with E-state index in [0.29, 0.717) is 66.6 Å². The van der Waals surface area contributed by atoms with Gasteiger partial charge in [0.1, 0.15) is 5.78 Å². The van der Waals surface area contributed by atoms with Crippen LogP contribution in [0.1, 0.15) is 155 Å². The molecule has 1 heterocycles. The molecule has 0 radical (unpaired) electrons. The molecule has 0 aliphatic carbocycles. The number of fused-ring (bicyclic) bond motifs is 1. The first-order chi connectivity index (χ1) is 62.0. The summed E-state index contributed by atoms with van der Waals surface area (Å²) in [6, 6.07) is 62.2. The van der Waals surface area contributed by atoms with Gasteiger partial charge in [-0.25, -0.2) is 46.8 Å². The van der Waals surface area contributed by atoms with Crippen molar-refractivity contribution in [3.8, 4) is 0 Å². The quantitative estimate of drug-likeness (QED) is 0.00423. The topological polar surface area (TPSA) is 485 Å². The number of ketones is 2. The third-order valence-electron chi connectivity index (χ3n) is 19.1. The number of benzene rings is 8. The van der Waals surface area contributed by atoms with Gasteiger partial charge in [0.05, 0.1) is 29.2 Å². The summed E-state index contributed by atoms with van der Waals surface area (Å²) >= 11 is 0. The number of hydrogen-bond donors (Lipinski definition) is 16. The second-order valence-corrected chi connectivity index (χ2v) is 31.6. The van der Waals surface area contributed by atoms with E-state index in [4.69, 9.17) is 36.5 Å². The van der Waals surface area contributed by atoms with Crippen molar-refractivity contribution in [1.82, 2.24) is 48.6 Å². The molecule has 0 saturated carbocycles. The minimum absolute atomic E-state index is 0.0182. The summed E-state index contributed by atoms with van der Waals surface area (Å²) in [6.45, 7) is 7.32. The number of amides is 8. The third-order valence-corrected chi connectivity index (χ3v) is 20.8. The Kier molecular flexibility index (Phi) is 51.6. The van der Waals surface area contributed by atoms with E-state index < -0.39 is 39.4 Å². The number of para-hydroxylation sites is 1. The highest BCUT2D eigenvalue weighted by molar-refractivity contribution is 7.90. The molecule has 8 aromatic carbocycles. The first-order valence-corrected chi connectivity index (χ1v) is 43.0. The summed E-state index contributed by atoms with van der Waals surface area (Å²) in [6.07, 6.45) is 22.1. The number of allylic oxidation sites excluding steroid dienone is 3. The highest BCUT2D eigenvalue weighted by atomic mass is 32.2. The molecule has 33 heteroatoms. The molecule has 688 valence electrons. The molecule has 0 saturated heterocycles. The van der Waals surface area contributed by atoms with Gasteiger partial charge >= 0.3 is 0 Å². The summed E-state index contributed by atoms with van der Waals surface area (Å²) in [4.78, 5) is 123. The van der Waals surface area contributed by atoms with Gasteiger partial charge in [-0.05, 0) is 175 Å². The molecule has 1 atom stereocenters. The number of aliphatic hydroxyl groups is 1. The van der Waals surface area contributed by atoms with Crippen molar-refractivity contribution in [2.45, 2.75) is 115 Å².